The maximum atomic E-state index is 13.0. The Morgan fingerprint density at radius 1 is 1.33 bits per heavy atom. The SMILES string of the molecule is COc1cc(C)c(C(C)C)cc1S(=O)(=O)N(C)Cc1nncn1C. The summed E-state index contributed by atoms with van der Waals surface area (Å²) < 4.78 is 34.3. The minimum Gasteiger partial charge on any atom is -0.495 e. The van der Waals surface area contributed by atoms with Gasteiger partial charge in [0.2, 0.25) is 10.0 Å². The fourth-order valence-corrected chi connectivity index (χ4v) is 3.86. The van der Waals surface area contributed by atoms with E-state index in [-0.39, 0.29) is 17.4 Å². The number of aryl methyl sites for hydroxylation is 2. The molecule has 7 nitrogen and oxygen atoms in total. The lowest BCUT2D eigenvalue weighted by Gasteiger charge is -2.21. The Kier molecular flexibility index (Phi) is 5.29. The number of rotatable bonds is 6. The Bertz CT molecular complexity index is 828. The fourth-order valence-electron chi connectivity index (χ4n) is 2.56. The molecule has 1 heterocycles. The lowest BCUT2D eigenvalue weighted by Crippen LogP contribution is -2.28. The van der Waals surface area contributed by atoms with Crippen molar-refractivity contribution in [1.82, 2.24) is 19.1 Å². The Hall–Kier alpha value is -1.93. The van der Waals surface area contributed by atoms with Gasteiger partial charge in [0.1, 0.15) is 22.8 Å². The van der Waals surface area contributed by atoms with Gasteiger partial charge in [0.15, 0.2) is 0 Å². The monoisotopic (exact) mass is 352 g/mol. The number of hydrogen-bond donors (Lipinski definition) is 0. The zero-order chi connectivity index (χ0) is 18.1. The van der Waals surface area contributed by atoms with E-state index in [0.717, 1.165) is 11.1 Å². The molecular formula is C16H24N4O3S. The molecule has 0 atom stereocenters. The number of ether oxygens (including phenoxy) is 1. The Morgan fingerprint density at radius 2 is 2.00 bits per heavy atom. The van der Waals surface area contributed by atoms with Gasteiger partial charge in [-0.1, -0.05) is 13.8 Å². The van der Waals surface area contributed by atoms with Crippen LogP contribution >= 0.6 is 0 Å². The summed E-state index contributed by atoms with van der Waals surface area (Å²) in [5.41, 5.74) is 2.00. The van der Waals surface area contributed by atoms with Crippen molar-refractivity contribution in [2.45, 2.75) is 38.1 Å². The van der Waals surface area contributed by atoms with E-state index in [2.05, 4.69) is 10.2 Å². The van der Waals surface area contributed by atoms with Crippen molar-refractivity contribution in [3.05, 3.63) is 35.4 Å². The summed E-state index contributed by atoms with van der Waals surface area (Å²) in [6.07, 6.45) is 1.54. The van der Waals surface area contributed by atoms with E-state index in [4.69, 9.17) is 4.74 Å². The van der Waals surface area contributed by atoms with Crippen LogP contribution in [0.1, 0.15) is 36.7 Å². The summed E-state index contributed by atoms with van der Waals surface area (Å²) in [5.74, 6) is 1.13. The molecule has 8 heteroatoms. The molecule has 0 aliphatic heterocycles. The first kappa shape index (κ1) is 18.4. The van der Waals surface area contributed by atoms with E-state index in [1.54, 1.807) is 30.1 Å². The molecule has 0 fully saturated rings. The first-order valence-corrected chi connectivity index (χ1v) is 9.10. The van der Waals surface area contributed by atoms with E-state index in [9.17, 15) is 8.42 Å². The Balaban J connectivity index is 2.47. The minimum absolute atomic E-state index is 0.132. The molecular weight excluding hydrogens is 328 g/mol. The third kappa shape index (κ3) is 3.44. The zero-order valence-corrected chi connectivity index (χ0v) is 15.8. The standard InChI is InChI=1S/C16H24N4O3S/c1-11(2)13-8-15(14(23-6)7-12(13)3)24(21,22)20(5)9-16-18-17-10-19(16)4/h7-8,10-11H,9H2,1-6H3. The number of methoxy groups -OCH3 is 1. The van der Waals surface area contributed by atoms with Crippen LogP contribution in [0.15, 0.2) is 23.4 Å². The number of nitrogens with zero attached hydrogens (tertiary/aromatic N) is 4. The van der Waals surface area contributed by atoms with E-state index in [1.807, 2.05) is 20.8 Å². The second-order valence-electron chi connectivity index (χ2n) is 6.13. The van der Waals surface area contributed by atoms with Gasteiger partial charge >= 0.3 is 0 Å². The highest BCUT2D eigenvalue weighted by Crippen LogP contribution is 2.32. The van der Waals surface area contributed by atoms with Gasteiger partial charge in [-0.3, -0.25) is 0 Å². The summed E-state index contributed by atoms with van der Waals surface area (Å²) in [5, 5.41) is 7.72. The Labute approximate surface area is 143 Å². The van der Waals surface area contributed by atoms with Crippen LogP contribution < -0.4 is 4.74 Å². The maximum absolute atomic E-state index is 13.0. The summed E-state index contributed by atoms with van der Waals surface area (Å²) in [4.78, 5) is 0.170. The lowest BCUT2D eigenvalue weighted by atomic mass is 9.98. The molecule has 1 aromatic heterocycles. The highest BCUT2D eigenvalue weighted by molar-refractivity contribution is 7.89. The molecule has 0 amide bonds. The molecule has 0 bridgehead atoms. The number of hydrogen-bond acceptors (Lipinski definition) is 5. The Morgan fingerprint density at radius 3 is 2.50 bits per heavy atom. The highest BCUT2D eigenvalue weighted by atomic mass is 32.2. The van der Waals surface area contributed by atoms with Crippen molar-refractivity contribution in [1.29, 1.82) is 0 Å². The van der Waals surface area contributed by atoms with Crippen LogP contribution in [0.25, 0.3) is 0 Å². The number of sulfonamides is 1. The van der Waals surface area contributed by atoms with Gasteiger partial charge in [-0.15, -0.1) is 10.2 Å². The predicted molar refractivity (Wildman–Crippen MR) is 91.5 cm³/mol. The van der Waals surface area contributed by atoms with Crippen LogP contribution in [0, 0.1) is 6.92 Å². The summed E-state index contributed by atoms with van der Waals surface area (Å²) in [6, 6.07) is 3.49. The van der Waals surface area contributed by atoms with Crippen LogP contribution in [0.5, 0.6) is 5.75 Å². The first-order chi connectivity index (χ1) is 11.2. The molecule has 0 aliphatic rings. The molecule has 0 N–H and O–H groups in total. The average molecular weight is 352 g/mol. The van der Waals surface area contributed by atoms with E-state index < -0.39 is 10.0 Å². The lowest BCUT2D eigenvalue weighted by molar-refractivity contribution is 0.395. The molecule has 0 unspecified atom stereocenters. The molecule has 132 valence electrons. The normalized spacial score (nSPS) is 12.2. The summed E-state index contributed by atoms with van der Waals surface area (Å²) >= 11 is 0. The van der Waals surface area contributed by atoms with Gasteiger partial charge in [0.25, 0.3) is 0 Å². The third-order valence-electron chi connectivity index (χ3n) is 4.03. The van der Waals surface area contributed by atoms with E-state index >= 15 is 0 Å². The quantitative estimate of drug-likeness (QED) is 0.795. The molecule has 0 saturated heterocycles. The van der Waals surface area contributed by atoms with Crippen LogP contribution in [-0.2, 0) is 23.6 Å². The maximum Gasteiger partial charge on any atom is 0.246 e. The van der Waals surface area contributed by atoms with Gasteiger partial charge in [0, 0.05) is 14.1 Å². The average Bonchev–Trinajstić information content (AvgIpc) is 2.91. The van der Waals surface area contributed by atoms with Gasteiger partial charge in [-0.25, -0.2) is 8.42 Å². The van der Waals surface area contributed by atoms with Crippen molar-refractivity contribution in [2.24, 2.45) is 7.05 Å². The zero-order valence-electron chi connectivity index (χ0n) is 14.9. The topological polar surface area (TPSA) is 77.3 Å². The van der Waals surface area contributed by atoms with Gasteiger partial charge < -0.3 is 9.30 Å². The molecule has 1 aromatic carbocycles. The van der Waals surface area contributed by atoms with Crippen LogP contribution in [0.3, 0.4) is 0 Å². The van der Waals surface area contributed by atoms with Gasteiger partial charge in [-0.2, -0.15) is 4.31 Å². The van der Waals surface area contributed by atoms with E-state index in [0.29, 0.717) is 11.6 Å². The molecule has 0 saturated carbocycles. The molecule has 2 aromatic rings. The van der Waals surface area contributed by atoms with E-state index in [1.165, 1.54) is 18.5 Å². The molecule has 0 radical (unpaired) electrons. The second kappa shape index (κ2) is 6.90. The summed E-state index contributed by atoms with van der Waals surface area (Å²) in [6.45, 7) is 6.16. The van der Waals surface area contributed by atoms with Crippen LogP contribution in [0.2, 0.25) is 0 Å². The predicted octanol–water partition coefficient (Wildman–Crippen LogP) is 2.08. The first-order valence-electron chi connectivity index (χ1n) is 7.66. The highest BCUT2D eigenvalue weighted by Gasteiger charge is 2.27. The number of aromatic nitrogens is 3. The van der Waals surface area contributed by atoms with Crippen LogP contribution in [-0.4, -0.2) is 41.6 Å². The molecule has 0 aliphatic carbocycles. The van der Waals surface area contributed by atoms with Crippen LogP contribution in [0.4, 0.5) is 0 Å². The smallest absolute Gasteiger partial charge is 0.246 e. The second-order valence-corrected chi connectivity index (χ2v) is 8.15. The van der Waals surface area contributed by atoms with Crippen molar-refractivity contribution in [3.63, 3.8) is 0 Å². The van der Waals surface area contributed by atoms with Crippen molar-refractivity contribution < 1.29 is 13.2 Å². The van der Waals surface area contributed by atoms with Crippen molar-refractivity contribution >= 4 is 10.0 Å². The molecule has 2 rings (SSSR count). The summed E-state index contributed by atoms with van der Waals surface area (Å²) in [7, 11) is 1.06. The van der Waals surface area contributed by atoms with Crippen molar-refractivity contribution in [2.75, 3.05) is 14.2 Å². The van der Waals surface area contributed by atoms with Crippen molar-refractivity contribution in [3.8, 4) is 5.75 Å². The molecule has 24 heavy (non-hydrogen) atoms. The number of benzene rings is 1. The minimum atomic E-state index is -3.72. The van der Waals surface area contributed by atoms with Gasteiger partial charge in [-0.05, 0) is 36.1 Å². The van der Waals surface area contributed by atoms with Gasteiger partial charge in [0.05, 0.1) is 13.7 Å². The largest absolute Gasteiger partial charge is 0.495 e. The third-order valence-corrected chi connectivity index (χ3v) is 5.86. The fraction of sp³-hybridized carbons (Fsp3) is 0.500. The molecule has 0 spiro atoms.